The van der Waals surface area contributed by atoms with Crippen molar-refractivity contribution in [3.63, 3.8) is 0 Å². The molecule has 1 fully saturated rings. The molecule has 2 aromatic rings. The summed E-state index contributed by atoms with van der Waals surface area (Å²) in [6.07, 6.45) is 7.14. The largest absolute Gasteiger partial charge is 0.492 e. The number of methoxy groups -OCH3 is 1. The molecule has 1 aliphatic heterocycles. The average molecular weight is 416 g/mol. The van der Waals surface area contributed by atoms with E-state index in [1.165, 1.54) is 0 Å². The Labute approximate surface area is 178 Å². The number of piperidine rings is 1. The van der Waals surface area contributed by atoms with Gasteiger partial charge in [0.2, 0.25) is 5.91 Å². The second-order valence-corrected chi connectivity index (χ2v) is 8.03. The number of likely N-dealkylation sites (tertiary alicyclic amines) is 1. The Morgan fingerprint density at radius 1 is 1.30 bits per heavy atom. The van der Waals surface area contributed by atoms with Crippen LogP contribution in [-0.4, -0.2) is 65.3 Å². The molecule has 0 bridgehead atoms. The Morgan fingerprint density at radius 2 is 2.17 bits per heavy atom. The highest BCUT2D eigenvalue weighted by molar-refractivity contribution is 5.79. The molecule has 1 N–H and O–H groups in total. The Bertz CT molecular complexity index is 792. The number of nitrogens with one attached hydrogen (secondary N) is 1. The molecule has 8 heteroatoms. The van der Waals surface area contributed by atoms with Gasteiger partial charge >= 0.3 is 0 Å². The van der Waals surface area contributed by atoms with Crippen LogP contribution in [0.3, 0.4) is 0 Å². The van der Waals surface area contributed by atoms with Crippen molar-refractivity contribution in [2.75, 3.05) is 40.0 Å². The normalized spacial score (nSPS) is 19.6. The number of rotatable bonds is 10. The Hall–Kier alpha value is -2.45. The van der Waals surface area contributed by atoms with Crippen LogP contribution in [0, 0.1) is 18.8 Å². The van der Waals surface area contributed by atoms with Gasteiger partial charge in [0.1, 0.15) is 11.6 Å². The molecule has 0 saturated carbocycles. The zero-order valence-corrected chi connectivity index (χ0v) is 18.2. The number of hydrogen-bond acceptors (Lipinski definition) is 6. The molecular formula is C22H33N5O3. The van der Waals surface area contributed by atoms with Gasteiger partial charge in [-0.25, -0.2) is 4.98 Å². The molecule has 3 heterocycles. The molecule has 0 aromatic carbocycles. The van der Waals surface area contributed by atoms with Crippen molar-refractivity contribution in [1.82, 2.24) is 24.8 Å². The monoisotopic (exact) mass is 415 g/mol. The lowest BCUT2D eigenvalue weighted by Crippen LogP contribution is -2.47. The van der Waals surface area contributed by atoms with Gasteiger partial charge in [-0.3, -0.25) is 14.7 Å². The summed E-state index contributed by atoms with van der Waals surface area (Å²) in [5, 5.41) is 3.06. The molecule has 2 atom stereocenters. The Morgan fingerprint density at radius 3 is 2.87 bits per heavy atom. The highest BCUT2D eigenvalue weighted by Crippen LogP contribution is 2.24. The van der Waals surface area contributed by atoms with Crippen LogP contribution in [0.15, 0.2) is 30.7 Å². The summed E-state index contributed by atoms with van der Waals surface area (Å²) in [6.45, 7) is 6.13. The van der Waals surface area contributed by atoms with Crippen molar-refractivity contribution >= 4 is 5.91 Å². The zero-order chi connectivity index (χ0) is 21.3. The standard InChI is InChI=1S/C22H33N5O3/c1-17-5-6-20(12-25-17)30-16-18-11-19(22(28)24-7-4-10-29-3)14-27(13-18)15-21-23-8-9-26(21)2/h5-6,8-9,12,18-19H,4,7,10-11,13-16H2,1-3H3,(H,24,28)/t18-,19+/m0/s1. The number of hydrogen-bond donors (Lipinski definition) is 1. The van der Waals surface area contributed by atoms with E-state index in [1.807, 2.05) is 43.1 Å². The third kappa shape index (κ3) is 6.53. The number of imidazole rings is 1. The highest BCUT2D eigenvalue weighted by atomic mass is 16.5. The van der Waals surface area contributed by atoms with Gasteiger partial charge in [-0.1, -0.05) is 0 Å². The van der Waals surface area contributed by atoms with Crippen LogP contribution >= 0.6 is 0 Å². The second kappa shape index (κ2) is 11.1. The van der Waals surface area contributed by atoms with Crippen molar-refractivity contribution in [1.29, 1.82) is 0 Å². The molecule has 0 radical (unpaired) electrons. The first-order chi connectivity index (χ1) is 14.5. The highest BCUT2D eigenvalue weighted by Gasteiger charge is 2.32. The smallest absolute Gasteiger partial charge is 0.224 e. The first-order valence-electron chi connectivity index (χ1n) is 10.6. The second-order valence-electron chi connectivity index (χ2n) is 8.03. The lowest BCUT2D eigenvalue weighted by Gasteiger charge is -2.36. The maximum absolute atomic E-state index is 12.8. The van der Waals surface area contributed by atoms with Crippen LogP contribution in [0.4, 0.5) is 0 Å². The first-order valence-corrected chi connectivity index (χ1v) is 10.6. The number of carbonyl (C=O) groups excluding carboxylic acids is 1. The van der Waals surface area contributed by atoms with Gasteiger partial charge in [0, 0.05) is 64.4 Å². The number of aromatic nitrogens is 3. The summed E-state index contributed by atoms with van der Waals surface area (Å²) in [7, 11) is 3.67. The third-order valence-electron chi connectivity index (χ3n) is 5.46. The minimum atomic E-state index is -0.0636. The van der Waals surface area contributed by atoms with Gasteiger partial charge in [-0.05, 0) is 31.9 Å². The zero-order valence-electron chi connectivity index (χ0n) is 18.2. The summed E-state index contributed by atoms with van der Waals surface area (Å²) in [6, 6.07) is 3.89. The van der Waals surface area contributed by atoms with E-state index in [-0.39, 0.29) is 17.7 Å². The van der Waals surface area contributed by atoms with E-state index in [1.54, 1.807) is 13.3 Å². The number of carbonyl (C=O) groups is 1. The molecule has 0 spiro atoms. The van der Waals surface area contributed by atoms with E-state index >= 15 is 0 Å². The summed E-state index contributed by atoms with van der Waals surface area (Å²) in [5.74, 6) is 2.07. The van der Waals surface area contributed by atoms with Crippen LogP contribution < -0.4 is 10.1 Å². The fraction of sp³-hybridized carbons (Fsp3) is 0.591. The number of aryl methyl sites for hydroxylation is 2. The van der Waals surface area contributed by atoms with Crippen molar-refractivity contribution in [3.8, 4) is 5.75 Å². The quantitative estimate of drug-likeness (QED) is 0.596. The van der Waals surface area contributed by atoms with E-state index in [0.717, 1.165) is 49.7 Å². The van der Waals surface area contributed by atoms with E-state index in [2.05, 4.69) is 20.2 Å². The maximum Gasteiger partial charge on any atom is 0.224 e. The van der Waals surface area contributed by atoms with Crippen LogP contribution in [0.2, 0.25) is 0 Å². The van der Waals surface area contributed by atoms with Crippen LogP contribution in [0.1, 0.15) is 24.4 Å². The van der Waals surface area contributed by atoms with Gasteiger partial charge < -0.3 is 19.4 Å². The number of nitrogens with zero attached hydrogens (tertiary/aromatic N) is 4. The molecular weight excluding hydrogens is 382 g/mol. The minimum absolute atomic E-state index is 0.0636. The first kappa shape index (κ1) is 22.2. The van der Waals surface area contributed by atoms with Gasteiger partial charge in [0.25, 0.3) is 0 Å². The number of pyridine rings is 1. The molecule has 2 aromatic heterocycles. The van der Waals surface area contributed by atoms with Crippen molar-refractivity contribution < 1.29 is 14.3 Å². The maximum atomic E-state index is 12.8. The predicted molar refractivity (Wildman–Crippen MR) is 114 cm³/mol. The third-order valence-corrected chi connectivity index (χ3v) is 5.46. The SMILES string of the molecule is COCCCNC(=O)[C@@H]1C[C@H](COc2ccc(C)nc2)CN(Cc2nccn2C)C1. The summed E-state index contributed by atoms with van der Waals surface area (Å²) in [4.78, 5) is 23.8. The molecule has 0 aliphatic carbocycles. The van der Waals surface area contributed by atoms with Gasteiger partial charge in [0.05, 0.1) is 25.3 Å². The van der Waals surface area contributed by atoms with Crippen molar-refractivity contribution in [2.45, 2.75) is 26.3 Å². The topological polar surface area (TPSA) is 81.5 Å². The Balaban J connectivity index is 1.60. The van der Waals surface area contributed by atoms with E-state index < -0.39 is 0 Å². The van der Waals surface area contributed by atoms with Crippen LogP contribution in [0.25, 0.3) is 0 Å². The van der Waals surface area contributed by atoms with E-state index in [0.29, 0.717) is 19.8 Å². The van der Waals surface area contributed by atoms with Crippen molar-refractivity contribution in [3.05, 3.63) is 42.2 Å². The minimum Gasteiger partial charge on any atom is -0.492 e. The fourth-order valence-corrected chi connectivity index (χ4v) is 3.82. The van der Waals surface area contributed by atoms with Crippen LogP contribution in [0.5, 0.6) is 5.75 Å². The van der Waals surface area contributed by atoms with Gasteiger partial charge in [-0.2, -0.15) is 0 Å². The Kier molecular flexibility index (Phi) is 8.21. The van der Waals surface area contributed by atoms with E-state index in [4.69, 9.17) is 9.47 Å². The molecule has 164 valence electrons. The number of amides is 1. The van der Waals surface area contributed by atoms with Crippen LogP contribution in [-0.2, 0) is 23.1 Å². The van der Waals surface area contributed by atoms with E-state index in [9.17, 15) is 4.79 Å². The summed E-state index contributed by atoms with van der Waals surface area (Å²) >= 11 is 0. The molecule has 1 aliphatic rings. The lowest BCUT2D eigenvalue weighted by molar-refractivity contribution is -0.127. The molecule has 1 saturated heterocycles. The van der Waals surface area contributed by atoms with Gasteiger partial charge in [0.15, 0.2) is 0 Å². The average Bonchev–Trinajstić information content (AvgIpc) is 3.15. The molecule has 30 heavy (non-hydrogen) atoms. The number of ether oxygens (including phenoxy) is 2. The van der Waals surface area contributed by atoms with Gasteiger partial charge in [-0.15, -0.1) is 0 Å². The molecule has 8 nitrogen and oxygen atoms in total. The molecule has 3 rings (SSSR count). The summed E-state index contributed by atoms with van der Waals surface area (Å²) < 4.78 is 13.1. The molecule has 0 unspecified atom stereocenters. The van der Waals surface area contributed by atoms with Crippen molar-refractivity contribution in [2.24, 2.45) is 18.9 Å². The fourth-order valence-electron chi connectivity index (χ4n) is 3.82. The summed E-state index contributed by atoms with van der Waals surface area (Å²) in [5.41, 5.74) is 0.964. The lowest BCUT2D eigenvalue weighted by atomic mass is 9.89. The molecule has 1 amide bonds. The predicted octanol–water partition coefficient (Wildman–Crippen LogP) is 1.79.